The van der Waals surface area contributed by atoms with E-state index in [0.29, 0.717) is 12.8 Å². The Morgan fingerprint density at radius 3 is 2.53 bits per heavy atom. The quantitative estimate of drug-likeness (QED) is 0.819. The fourth-order valence-electron chi connectivity index (χ4n) is 1.84. The van der Waals surface area contributed by atoms with E-state index in [1.807, 2.05) is 6.92 Å². The Bertz CT molecular complexity index is 497. The number of nitrogens with zero attached hydrogens (tertiary/aromatic N) is 1. The molecule has 6 heteroatoms. The number of rotatable bonds is 3. The predicted molar refractivity (Wildman–Crippen MR) is 69.0 cm³/mol. The van der Waals surface area contributed by atoms with Crippen LogP contribution in [0.15, 0.2) is 22.7 Å². The van der Waals surface area contributed by atoms with E-state index in [9.17, 15) is 18.0 Å². The van der Waals surface area contributed by atoms with Crippen molar-refractivity contribution in [2.24, 2.45) is 0 Å². The molecule has 1 aromatic carbocycles. The first-order valence-corrected chi connectivity index (χ1v) is 6.71. The molecule has 1 amide bonds. The second kappa shape index (κ2) is 5.15. The van der Waals surface area contributed by atoms with Crippen LogP contribution in [0.4, 0.5) is 13.2 Å². The first kappa shape index (κ1) is 14.4. The molecule has 0 unspecified atom stereocenters. The van der Waals surface area contributed by atoms with Gasteiger partial charge in [0.25, 0.3) is 5.91 Å². The zero-order valence-electron chi connectivity index (χ0n) is 10.3. The third-order valence-corrected chi connectivity index (χ3v) is 3.87. The number of carbonyl (C=O) groups is 1. The molecule has 2 rings (SSSR count). The van der Waals surface area contributed by atoms with Crippen molar-refractivity contribution in [2.45, 2.75) is 32.0 Å². The van der Waals surface area contributed by atoms with Crippen molar-refractivity contribution in [2.75, 3.05) is 6.54 Å². The van der Waals surface area contributed by atoms with Gasteiger partial charge in [0.1, 0.15) is 6.54 Å². The predicted octanol–water partition coefficient (Wildman–Crippen LogP) is 3.92. The molecule has 0 saturated heterocycles. The molecule has 0 aromatic heterocycles. The zero-order chi connectivity index (χ0) is 14.2. The third-order valence-electron chi connectivity index (χ3n) is 3.02. The normalized spacial score (nSPS) is 15.4. The number of benzene rings is 1. The molecule has 0 aliphatic heterocycles. The van der Waals surface area contributed by atoms with Gasteiger partial charge < -0.3 is 4.90 Å². The lowest BCUT2D eigenvalue weighted by Crippen LogP contribution is -2.40. The Labute approximate surface area is 117 Å². The van der Waals surface area contributed by atoms with Crippen LogP contribution in [0.2, 0.25) is 0 Å². The van der Waals surface area contributed by atoms with Crippen LogP contribution in [0.1, 0.15) is 28.8 Å². The highest BCUT2D eigenvalue weighted by atomic mass is 79.9. The number of carbonyl (C=O) groups excluding carboxylic acids is 1. The van der Waals surface area contributed by atoms with Crippen LogP contribution in [0, 0.1) is 6.92 Å². The summed E-state index contributed by atoms with van der Waals surface area (Å²) >= 11 is 3.28. The highest BCUT2D eigenvalue weighted by Crippen LogP contribution is 2.32. The topological polar surface area (TPSA) is 20.3 Å². The molecule has 104 valence electrons. The van der Waals surface area contributed by atoms with Gasteiger partial charge in [0, 0.05) is 16.1 Å². The highest BCUT2D eigenvalue weighted by molar-refractivity contribution is 9.10. The first-order valence-electron chi connectivity index (χ1n) is 5.92. The number of aryl methyl sites for hydroxylation is 1. The average molecular weight is 336 g/mol. The van der Waals surface area contributed by atoms with Gasteiger partial charge in [-0.05, 0) is 37.5 Å². The second-order valence-electron chi connectivity index (χ2n) is 4.74. The van der Waals surface area contributed by atoms with E-state index in [4.69, 9.17) is 0 Å². The van der Waals surface area contributed by atoms with E-state index in [-0.39, 0.29) is 11.6 Å². The fraction of sp³-hybridized carbons (Fsp3) is 0.462. The molecule has 0 N–H and O–H groups in total. The lowest BCUT2D eigenvalue weighted by atomic mass is 10.1. The van der Waals surface area contributed by atoms with Gasteiger partial charge in [-0.1, -0.05) is 22.0 Å². The number of hydrogen-bond acceptors (Lipinski definition) is 1. The highest BCUT2D eigenvalue weighted by Gasteiger charge is 2.40. The molecule has 0 spiro atoms. The van der Waals surface area contributed by atoms with Crippen molar-refractivity contribution < 1.29 is 18.0 Å². The molecule has 1 aliphatic rings. The molecule has 2 nitrogen and oxygen atoms in total. The Kier molecular flexibility index (Phi) is 3.90. The van der Waals surface area contributed by atoms with Crippen molar-refractivity contribution in [3.05, 3.63) is 33.8 Å². The number of alkyl halides is 3. The van der Waals surface area contributed by atoms with E-state index in [2.05, 4.69) is 15.9 Å². The maximum absolute atomic E-state index is 12.5. The summed E-state index contributed by atoms with van der Waals surface area (Å²) in [5, 5.41) is 0. The fourth-order valence-corrected chi connectivity index (χ4v) is 2.22. The number of hydrogen-bond donors (Lipinski definition) is 0. The van der Waals surface area contributed by atoms with Crippen molar-refractivity contribution >= 4 is 21.8 Å². The molecule has 0 heterocycles. The third kappa shape index (κ3) is 3.72. The Balaban J connectivity index is 2.21. The van der Waals surface area contributed by atoms with E-state index >= 15 is 0 Å². The summed E-state index contributed by atoms with van der Waals surface area (Å²) in [5.74, 6) is -0.555. The van der Waals surface area contributed by atoms with Gasteiger partial charge in [0.15, 0.2) is 0 Å². The maximum Gasteiger partial charge on any atom is 0.406 e. The molecule has 1 fully saturated rings. The van der Waals surface area contributed by atoms with Crippen LogP contribution >= 0.6 is 15.9 Å². The van der Waals surface area contributed by atoms with Crippen molar-refractivity contribution in [1.29, 1.82) is 0 Å². The molecule has 0 radical (unpaired) electrons. The van der Waals surface area contributed by atoms with Gasteiger partial charge in [-0.25, -0.2) is 0 Å². The van der Waals surface area contributed by atoms with Gasteiger partial charge >= 0.3 is 6.18 Å². The summed E-state index contributed by atoms with van der Waals surface area (Å²) in [6.45, 7) is 0.675. The Morgan fingerprint density at radius 1 is 1.42 bits per heavy atom. The number of amides is 1. The SMILES string of the molecule is Cc1ccc(C(=O)N(CC(F)(F)F)C2CC2)cc1Br. The summed E-state index contributed by atoms with van der Waals surface area (Å²) < 4.78 is 38.3. The average Bonchev–Trinajstić information content (AvgIpc) is 3.11. The Morgan fingerprint density at radius 2 is 2.05 bits per heavy atom. The van der Waals surface area contributed by atoms with Gasteiger partial charge in [-0.3, -0.25) is 4.79 Å². The molecule has 1 aromatic rings. The molecule has 19 heavy (non-hydrogen) atoms. The van der Waals surface area contributed by atoms with E-state index in [1.54, 1.807) is 18.2 Å². The lowest BCUT2D eigenvalue weighted by molar-refractivity contribution is -0.141. The van der Waals surface area contributed by atoms with Crippen LogP contribution in [0.25, 0.3) is 0 Å². The Hall–Kier alpha value is -1.04. The summed E-state index contributed by atoms with van der Waals surface area (Å²) in [6, 6.07) is 4.59. The van der Waals surface area contributed by atoms with Gasteiger partial charge in [0.05, 0.1) is 0 Å². The summed E-state index contributed by atoms with van der Waals surface area (Å²) in [6.07, 6.45) is -3.07. The zero-order valence-corrected chi connectivity index (χ0v) is 11.9. The van der Waals surface area contributed by atoms with Gasteiger partial charge in [-0.15, -0.1) is 0 Å². The van der Waals surface area contributed by atoms with E-state index in [0.717, 1.165) is 14.9 Å². The van der Waals surface area contributed by atoms with Crippen LogP contribution in [0.3, 0.4) is 0 Å². The molecule has 0 atom stereocenters. The lowest BCUT2D eigenvalue weighted by Gasteiger charge is -2.24. The van der Waals surface area contributed by atoms with Crippen LogP contribution in [0.5, 0.6) is 0 Å². The second-order valence-corrected chi connectivity index (χ2v) is 5.60. The standard InChI is InChI=1S/C13H13BrF3NO/c1-8-2-3-9(6-11(8)14)12(19)18(10-4-5-10)7-13(15,16)17/h2-3,6,10H,4-5,7H2,1H3. The maximum atomic E-state index is 12.5. The molecular weight excluding hydrogens is 323 g/mol. The summed E-state index contributed by atoms with van der Waals surface area (Å²) in [4.78, 5) is 13.1. The van der Waals surface area contributed by atoms with Crippen molar-refractivity contribution in [3.8, 4) is 0 Å². The monoisotopic (exact) mass is 335 g/mol. The minimum absolute atomic E-state index is 0.269. The summed E-state index contributed by atoms with van der Waals surface area (Å²) in [5.41, 5.74) is 1.22. The minimum Gasteiger partial charge on any atom is -0.327 e. The van der Waals surface area contributed by atoms with E-state index < -0.39 is 18.6 Å². The summed E-state index contributed by atoms with van der Waals surface area (Å²) in [7, 11) is 0. The van der Waals surface area contributed by atoms with Gasteiger partial charge in [0.2, 0.25) is 0 Å². The largest absolute Gasteiger partial charge is 0.406 e. The number of halogens is 4. The molecular formula is C13H13BrF3NO. The minimum atomic E-state index is -4.36. The van der Waals surface area contributed by atoms with Crippen LogP contribution in [-0.4, -0.2) is 29.6 Å². The van der Waals surface area contributed by atoms with Crippen molar-refractivity contribution in [3.63, 3.8) is 0 Å². The van der Waals surface area contributed by atoms with E-state index in [1.165, 1.54) is 0 Å². The van der Waals surface area contributed by atoms with Crippen molar-refractivity contribution in [1.82, 2.24) is 4.90 Å². The molecule has 1 saturated carbocycles. The first-order chi connectivity index (χ1) is 8.78. The van der Waals surface area contributed by atoms with Crippen LogP contribution in [-0.2, 0) is 0 Å². The smallest absolute Gasteiger partial charge is 0.327 e. The molecule has 0 bridgehead atoms. The van der Waals surface area contributed by atoms with Crippen LogP contribution < -0.4 is 0 Å². The van der Waals surface area contributed by atoms with Gasteiger partial charge in [-0.2, -0.15) is 13.2 Å². The molecule has 1 aliphatic carbocycles.